The smallest absolute Gasteiger partial charge is 0.326 e. The number of hydrogen-bond donors (Lipinski definition) is 2. The summed E-state index contributed by atoms with van der Waals surface area (Å²) in [6, 6.07) is 9.13. The van der Waals surface area contributed by atoms with E-state index in [-0.39, 0.29) is 0 Å². The van der Waals surface area contributed by atoms with E-state index in [4.69, 9.17) is 14.5 Å². The lowest BCUT2D eigenvalue weighted by Gasteiger charge is -2.12. The third-order valence-electron chi connectivity index (χ3n) is 2.89. The summed E-state index contributed by atoms with van der Waals surface area (Å²) in [5.41, 5.74) is 1.69. The molecule has 1 aromatic heterocycles. The van der Waals surface area contributed by atoms with Crippen molar-refractivity contribution in [3.63, 3.8) is 0 Å². The number of nitrogens with zero attached hydrogens (tertiary/aromatic N) is 1. The minimum atomic E-state index is 0.565. The molecule has 1 aromatic carbocycles. The quantitative estimate of drug-likeness (QED) is 0.766. The summed E-state index contributed by atoms with van der Waals surface area (Å²) in [5, 5.41) is 12.2. The molecule has 2 rings (SSSR count). The standard InChI is InChI=1S/C14H16BN2O3/c1-19-12-4-3-10(13(8-12)20-2)9-17-14-7-11(15-18)5-6-16-14/h3-8,18H,9H2,1-2H3,(H,16,17). The van der Waals surface area contributed by atoms with Gasteiger partial charge in [0, 0.05) is 24.4 Å². The lowest BCUT2D eigenvalue weighted by atomic mass is 9.90. The highest BCUT2D eigenvalue weighted by atomic mass is 16.5. The molecule has 0 spiro atoms. The van der Waals surface area contributed by atoms with Crippen molar-refractivity contribution in [2.24, 2.45) is 0 Å². The van der Waals surface area contributed by atoms with E-state index < -0.39 is 0 Å². The van der Waals surface area contributed by atoms with Crippen LogP contribution >= 0.6 is 0 Å². The van der Waals surface area contributed by atoms with Crippen molar-refractivity contribution in [3.05, 3.63) is 42.1 Å². The maximum absolute atomic E-state index is 8.97. The van der Waals surface area contributed by atoms with Gasteiger partial charge in [-0.15, -0.1) is 0 Å². The molecule has 0 aliphatic rings. The molecule has 2 N–H and O–H groups in total. The van der Waals surface area contributed by atoms with E-state index in [0.29, 0.717) is 17.8 Å². The van der Waals surface area contributed by atoms with E-state index in [2.05, 4.69) is 10.3 Å². The van der Waals surface area contributed by atoms with Crippen molar-refractivity contribution in [2.45, 2.75) is 6.54 Å². The Morgan fingerprint density at radius 1 is 1.20 bits per heavy atom. The topological polar surface area (TPSA) is 63.6 Å². The molecule has 0 aliphatic carbocycles. The lowest BCUT2D eigenvalue weighted by molar-refractivity contribution is 0.391. The monoisotopic (exact) mass is 271 g/mol. The van der Waals surface area contributed by atoms with Crippen LogP contribution in [0.2, 0.25) is 0 Å². The number of benzene rings is 1. The Morgan fingerprint density at radius 3 is 2.75 bits per heavy atom. The van der Waals surface area contributed by atoms with Gasteiger partial charge in [0.1, 0.15) is 17.3 Å². The molecule has 0 fully saturated rings. The summed E-state index contributed by atoms with van der Waals surface area (Å²) in [5.74, 6) is 2.19. The largest absolute Gasteiger partial charge is 0.497 e. The summed E-state index contributed by atoms with van der Waals surface area (Å²) in [4.78, 5) is 4.18. The zero-order chi connectivity index (χ0) is 14.4. The number of hydrogen-bond acceptors (Lipinski definition) is 5. The number of aromatic nitrogens is 1. The van der Waals surface area contributed by atoms with Crippen molar-refractivity contribution >= 4 is 18.8 Å². The zero-order valence-electron chi connectivity index (χ0n) is 11.5. The molecule has 103 valence electrons. The molecule has 1 heterocycles. The highest BCUT2D eigenvalue weighted by molar-refractivity contribution is 6.45. The highest BCUT2D eigenvalue weighted by Crippen LogP contribution is 2.25. The number of ether oxygens (including phenoxy) is 2. The Kier molecular flexibility index (Phi) is 4.84. The van der Waals surface area contributed by atoms with Gasteiger partial charge in [-0.1, -0.05) is 0 Å². The summed E-state index contributed by atoms with van der Waals surface area (Å²) in [6.07, 6.45) is 1.63. The van der Waals surface area contributed by atoms with Crippen LogP contribution in [0.15, 0.2) is 36.5 Å². The van der Waals surface area contributed by atoms with Gasteiger partial charge in [0.15, 0.2) is 0 Å². The van der Waals surface area contributed by atoms with Crippen molar-refractivity contribution in [1.82, 2.24) is 4.98 Å². The molecule has 0 bridgehead atoms. The maximum atomic E-state index is 8.97. The minimum absolute atomic E-state index is 0.565. The fourth-order valence-corrected chi connectivity index (χ4v) is 1.81. The van der Waals surface area contributed by atoms with Crippen LogP contribution < -0.4 is 20.3 Å². The van der Waals surface area contributed by atoms with E-state index in [1.165, 1.54) is 0 Å². The molecule has 0 saturated heterocycles. The molecule has 1 radical (unpaired) electrons. The van der Waals surface area contributed by atoms with Crippen LogP contribution in [0.5, 0.6) is 11.5 Å². The number of nitrogens with one attached hydrogen (secondary N) is 1. The summed E-state index contributed by atoms with van der Waals surface area (Å²) >= 11 is 0. The highest BCUT2D eigenvalue weighted by Gasteiger charge is 2.05. The van der Waals surface area contributed by atoms with E-state index in [1.54, 1.807) is 32.5 Å². The van der Waals surface area contributed by atoms with Gasteiger partial charge in [-0.2, -0.15) is 0 Å². The molecule has 0 atom stereocenters. The maximum Gasteiger partial charge on any atom is 0.326 e. The van der Waals surface area contributed by atoms with Gasteiger partial charge in [0.2, 0.25) is 0 Å². The Hall–Kier alpha value is -2.21. The molecule has 0 saturated carbocycles. The Balaban J connectivity index is 2.10. The third kappa shape index (κ3) is 3.42. The van der Waals surface area contributed by atoms with Crippen molar-refractivity contribution in [3.8, 4) is 11.5 Å². The van der Waals surface area contributed by atoms with Gasteiger partial charge in [-0.25, -0.2) is 4.98 Å². The third-order valence-corrected chi connectivity index (χ3v) is 2.89. The fraction of sp³-hybridized carbons (Fsp3) is 0.214. The van der Waals surface area contributed by atoms with Crippen LogP contribution in [-0.2, 0) is 6.54 Å². The molecular formula is C14H16BN2O3. The Bertz CT molecular complexity index is 578. The average Bonchev–Trinajstić information content (AvgIpc) is 2.52. The Labute approximate surface area is 118 Å². The Morgan fingerprint density at radius 2 is 2.05 bits per heavy atom. The minimum Gasteiger partial charge on any atom is -0.497 e. The van der Waals surface area contributed by atoms with Gasteiger partial charge in [-0.05, 0) is 29.7 Å². The molecule has 0 amide bonds. The predicted molar refractivity (Wildman–Crippen MR) is 78.7 cm³/mol. The van der Waals surface area contributed by atoms with Crippen LogP contribution in [0.25, 0.3) is 0 Å². The van der Waals surface area contributed by atoms with Crippen molar-refractivity contribution in [1.29, 1.82) is 0 Å². The molecule has 0 aliphatic heterocycles. The molecule has 2 aromatic rings. The summed E-state index contributed by atoms with van der Waals surface area (Å²) in [7, 11) is 4.28. The van der Waals surface area contributed by atoms with Crippen LogP contribution in [0.3, 0.4) is 0 Å². The first-order valence-corrected chi connectivity index (χ1v) is 6.15. The number of pyridine rings is 1. The van der Waals surface area contributed by atoms with Crippen LogP contribution in [0.1, 0.15) is 5.56 Å². The van der Waals surface area contributed by atoms with Crippen LogP contribution in [0, 0.1) is 0 Å². The fourth-order valence-electron chi connectivity index (χ4n) is 1.81. The van der Waals surface area contributed by atoms with Crippen LogP contribution in [0.4, 0.5) is 5.82 Å². The zero-order valence-corrected chi connectivity index (χ0v) is 11.5. The average molecular weight is 271 g/mol. The summed E-state index contributed by atoms with van der Waals surface area (Å²) < 4.78 is 10.5. The molecule has 6 heteroatoms. The predicted octanol–water partition coefficient (Wildman–Crippen LogP) is 0.948. The molecule has 0 unspecified atom stereocenters. The van der Waals surface area contributed by atoms with Gasteiger partial charge >= 0.3 is 7.48 Å². The van der Waals surface area contributed by atoms with Gasteiger partial charge in [-0.3, -0.25) is 0 Å². The van der Waals surface area contributed by atoms with E-state index in [0.717, 1.165) is 24.5 Å². The molecule has 20 heavy (non-hydrogen) atoms. The first kappa shape index (κ1) is 14.2. The second-order valence-corrected chi connectivity index (χ2v) is 4.13. The number of rotatable bonds is 6. The first-order valence-electron chi connectivity index (χ1n) is 6.15. The second-order valence-electron chi connectivity index (χ2n) is 4.13. The van der Waals surface area contributed by atoms with Gasteiger partial charge < -0.3 is 19.8 Å². The number of methoxy groups -OCH3 is 2. The normalized spacial score (nSPS) is 9.95. The van der Waals surface area contributed by atoms with Crippen LogP contribution in [-0.4, -0.2) is 31.7 Å². The van der Waals surface area contributed by atoms with E-state index in [9.17, 15) is 0 Å². The summed E-state index contributed by atoms with van der Waals surface area (Å²) in [6.45, 7) is 0.565. The lowest BCUT2D eigenvalue weighted by Crippen LogP contribution is -2.15. The van der Waals surface area contributed by atoms with E-state index in [1.807, 2.05) is 18.2 Å². The van der Waals surface area contributed by atoms with E-state index >= 15 is 0 Å². The molecular weight excluding hydrogens is 255 g/mol. The first-order chi connectivity index (χ1) is 9.76. The van der Waals surface area contributed by atoms with Gasteiger partial charge in [0.05, 0.1) is 14.2 Å². The van der Waals surface area contributed by atoms with Crippen molar-refractivity contribution in [2.75, 3.05) is 19.5 Å². The number of anilines is 1. The molecule has 5 nitrogen and oxygen atoms in total. The van der Waals surface area contributed by atoms with Crippen molar-refractivity contribution < 1.29 is 14.5 Å². The SMILES string of the molecule is COc1ccc(CNc2cc([B]O)ccn2)c(OC)c1. The van der Waals surface area contributed by atoms with Gasteiger partial charge in [0.25, 0.3) is 0 Å². The second kappa shape index (κ2) is 6.82.